The Morgan fingerprint density at radius 3 is 2.50 bits per heavy atom. The molecule has 0 unspecified atom stereocenters. The summed E-state index contributed by atoms with van der Waals surface area (Å²) in [6.45, 7) is 3.50. The van der Waals surface area contributed by atoms with E-state index in [1.807, 2.05) is 0 Å². The van der Waals surface area contributed by atoms with Gasteiger partial charge < -0.3 is 5.73 Å². The number of halogens is 1. The number of anilines is 2. The lowest BCUT2D eigenvalue weighted by atomic mass is 10.1. The van der Waals surface area contributed by atoms with Crippen LogP contribution in [0.5, 0.6) is 0 Å². The van der Waals surface area contributed by atoms with Gasteiger partial charge in [0, 0.05) is 5.69 Å². The van der Waals surface area contributed by atoms with Gasteiger partial charge in [-0.1, -0.05) is 12.1 Å². The molecule has 20 heavy (non-hydrogen) atoms. The van der Waals surface area contributed by atoms with E-state index in [2.05, 4.69) is 4.72 Å². The molecular weight excluding hydrogens is 279 g/mol. The van der Waals surface area contributed by atoms with Gasteiger partial charge in [0.25, 0.3) is 10.0 Å². The minimum Gasteiger partial charge on any atom is -0.398 e. The first-order valence-corrected chi connectivity index (χ1v) is 7.43. The van der Waals surface area contributed by atoms with Crippen molar-refractivity contribution >= 4 is 21.4 Å². The van der Waals surface area contributed by atoms with Crippen LogP contribution in [-0.2, 0) is 10.0 Å². The third kappa shape index (κ3) is 2.75. The predicted octanol–water partition coefficient (Wildman–Crippen LogP) is 2.83. The van der Waals surface area contributed by atoms with Gasteiger partial charge in [0.15, 0.2) is 0 Å². The van der Waals surface area contributed by atoms with E-state index in [1.54, 1.807) is 26.0 Å². The number of hydrogen-bond acceptors (Lipinski definition) is 3. The van der Waals surface area contributed by atoms with Gasteiger partial charge in [-0.15, -0.1) is 0 Å². The number of nitrogens with two attached hydrogens (primary N) is 1. The third-order valence-corrected chi connectivity index (χ3v) is 4.41. The molecule has 0 amide bonds. The zero-order chi connectivity index (χ0) is 14.9. The summed E-state index contributed by atoms with van der Waals surface area (Å²) in [7, 11) is -3.84. The Kier molecular flexibility index (Phi) is 3.67. The second-order valence-corrected chi connectivity index (χ2v) is 6.22. The first-order chi connectivity index (χ1) is 9.31. The lowest BCUT2D eigenvalue weighted by molar-refractivity contribution is 0.595. The molecule has 6 heteroatoms. The van der Waals surface area contributed by atoms with Gasteiger partial charge in [-0.2, -0.15) is 0 Å². The van der Waals surface area contributed by atoms with E-state index in [1.165, 1.54) is 18.2 Å². The molecule has 2 rings (SSSR count). The van der Waals surface area contributed by atoms with Crippen molar-refractivity contribution in [1.82, 2.24) is 0 Å². The zero-order valence-corrected chi connectivity index (χ0v) is 12.0. The second kappa shape index (κ2) is 5.13. The largest absolute Gasteiger partial charge is 0.398 e. The first-order valence-electron chi connectivity index (χ1n) is 5.95. The lowest BCUT2D eigenvalue weighted by Gasteiger charge is -2.14. The van der Waals surface area contributed by atoms with E-state index in [-0.39, 0.29) is 4.90 Å². The van der Waals surface area contributed by atoms with E-state index in [0.29, 0.717) is 16.9 Å². The summed E-state index contributed by atoms with van der Waals surface area (Å²) in [4.78, 5) is -0.126. The van der Waals surface area contributed by atoms with Crippen LogP contribution in [-0.4, -0.2) is 8.42 Å². The lowest BCUT2D eigenvalue weighted by Crippen LogP contribution is -2.15. The second-order valence-electron chi connectivity index (χ2n) is 4.53. The van der Waals surface area contributed by atoms with Crippen LogP contribution >= 0.6 is 0 Å². The molecule has 0 atom stereocenters. The van der Waals surface area contributed by atoms with Crippen molar-refractivity contribution in [3.8, 4) is 0 Å². The van der Waals surface area contributed by atoms with Crippen molar-refractivity contribution in [2.75, 3.05) is 10.5 Å². The van der Waals surface area contributed by atoms with Crippen molar-refractivity contribution in [2.24, 2.45) is 0 Å². The van der Waals surface area contributed by atoms with Crippen LogP contribution in [0.15, 0.2) is 41.3 Å². The van der Waals surface area contributed by atoms with Crippen molar-refractivity contribution < 1.29 is 12.8 Å². The minimum atomic E-state index is -3.84. The normalized spacial score (nSPS) is 11.3. The molecule has 0 radical (unpaired) electrons. The molecule has 2 aromatic rings. The van der Waals surface area contributed by atoms with Crippen LogP contribution in [0.2, 0.25) is 0 Å². The molecule has 0 aliphatic carbocycles. The van der Waals surface area contributed by atoms with Gasteiger partial charge in [-0.3, -0.25) is 4.72 Å². The maximum atomic E-state index is 13.1. The molecular formula is C14H15FN2O2S. The van der Waals surface area contributed by atoms with Crippen LogP contribution in [0.1, 0.15) is 11.1 Å². The summed E-state index contributed by atoms with van der Waals surface area (Å²) in [5.41, 5.74) is 8.09. The van der Waals surface area contributed by atoms with Crippen LogP contribution in [0.25, 0.3) is 0 Å². The first kappa shape index (κ1) is 14.3. The van der Waals surface area contributed by atoms with Crippen LogP contribution in [0.3, 0.4) is 0 Å². The quantitative estimate of drug-likeness (QED) is 0.855. The zero-order valence-electron chi connectivity index (χ0n) is 11.1. The van der Waals surface area contributed by atoms with Crippen molar-refractivity contribution in [2.45, 2.75) is 18.7 Å². The predicted molar refractivity (Wildman–Crippen MR) is 77.5 cm³/mol. The molecule has 0 fully saturated rings. The van der Waals surface area contributed by atoms with Crippen molar-refractivity contribution in [1.29, 1.82) is 0 Å². The summed E-state index contributed by atoms with van der Waals surface area (Å²) < 4.78 is 40.1. The molecule has 3 N–H and O–H groups in total. The van der Waals surface area contributed by atoms with Gasteiger partial charge in [0.2, 0.25) is 0 Å². The number of nitrogen functional groups attached to an aromatic ring is 1. The Bertz CT molecular complexity index is 758. The summed E-state index contributed by atoms with van der Waals surface area (Å²) >= 11 is 0. The topological polar surface area (TPSA) is 72.2 Å². The Hall–Kier alpha value is -2.08. The van der Waals surface area contributed by atoms with E-state index in [4.69, 9.17) is 5.73 Å². The number of hydrogen-bond donors (Lipinski definition) is 2. The minimum absolute atomic E-state index is 0.126. The summed E-state index contributed by atoms with van der Waals surface area (Å²) in [5.74, 6) is -0.603. The molecule has 0 aromatic heterocycles. The number of benzene rings is 2. The van der Waals surface area contributed by atoms with E-state index in [0.717, 1.165) is 11.6 Å². The number of sulfonamides is 1. The Labute approximate surface area is 117 Å². The molecule has 4 nitrogen and oxygen atoms in total. The molecule has 0 aliphatic heterocycles. The maximum Gasteiger partial charge on any atom is 0.262 e. The fraction of sp³-hybridized carbons (Fsp3) is 0.143. The molecule has 0 bridgehead atoms. The van der Waals surface area contributed by atoms with Crippen LogP contribution < -0.4 is 10.5 Å². The maximum absolute atomic E-state index is 13.1. The Morgan fingerprint density at radius 2 is 1.85 bits per heavy atom. The molecule has 2 aromatic carbocycles. The average Bonchev–Trinajstić information content (AvgIpc) is 2.39. The standard InChI is InChI=1S/C14H15FN2O2S/c1-9-6-7-13(16)10(2)14(9)17-20(18,19)12-5-3-4-11(15)8-12/h3-8,17H,16H2,1-2H3. The SMILES string of the molecule is Cc1ccc(N)c(C)c1NS(=O)(=O)c1cccc(F)c1. The van der Waals surface area contributed by atoms with Crippen molar-refractivity contribution in [3.05, 3.63) is 53.3 Å². The van der Waals surface area contributed by atoms with Gasteiger partial charge in [-0.25, -0.2) is 12.8 Å². The highest BCUT2D eigenvalue weighted by Gasteiger charge is 2.17. The van der Waals surface area contributed by atoms with Crippen molar-refractivity contribution in [3.63, 3.8) is 0 Å². The fourth-order valence-corrected chi connectivity index (χ4v) is 3.07. The van der Waals surface area contributed by atoms with Gasteiger partial charge >= 0.3 is 0 Å². The number of nitrogens with one attached hydrogen (secondary N) is 1. The number of rotatable bonds is 3. The fourth-order valence-electron chi connectivity index (χ4n) is 1.85. The highest BCUT2D eigenvalue weighted by atomic mass is 32.2. The monoisotopic (exact) mass is 294 g/mol. The van der Waals surface area contributed by atoms with Gasteiger partial charge in [0.05, 0.1) is 10.6 Å². The summed E-state index contributed by atoms with van der Waals surface area (Å²) in [5, 5.41) is 0. The highest BCUT2D eigenvalue weighted by Crippen LogP contribution is 2.27. The number of aryl methyl sites for hydroxylation is 1. The van der Waals surface area contributed by atoms with Gasteiger partial charge in [-0.05, 0) is 49.2 Å². The highest BCUT2D eigenvalue weighted by molar-refractivity contribution is 7.92. The summed E-state index contributed by atoms with van der Waals surface area (Å²) in [6.07, 6.45) is 0. The van der Waals surface area contributed by atoms with E-state index >= 15 is 0 Å². The average molecular weight is 294 g/mol. The smallest absolute Gasteiger partial charge is 0.262 e. The Balaban J connectivity index is 2.47. The third-order valence-electron chi connectivity index (χ3n) is 3.06. The molecule has 0 heterocycles. The van der Waals surface area contributed by atoms with Gasteiger partial charge in [0.1, 0.15) is 5.82 Å². The molecule has 0 spiro atoms. The van der Waals surface area contributed by atoms with Crippen LogP contribution in [0, 0.1) is 19.7 Å². The Morgan fingerprint density at radius 1 is 1.15 bits per heavy atom. The molecule has 0 saturated heterocycles. The summed E-state index contributed by atoms with van der Waals surface area (Å²) in [6, 6.07) is 8.29. The van der Waals surface area contributed by atoms with E-state index in [9.17, 15) is 12.8 Å². The molecule has 0 aliphatic rings. The van der Waals surface area contributed by atoms with E-state index < -0.39 is 15.8 Å². The molecule has 0 saturated carbocycles. The van der Waals surface area contributed by atoms with Crippen LogP contribution in [0.4, 0.5) is 15.8 Å². The molecule has 106 valence electrons.